The summed E-state index contributed by atoms with van der Waals surface area (Å²) in [5.74, 6) is -0.0383. The molecule has 1 aliphatic carbocycles. The maximum Gasteiger partial charge on any atom is 0.251 e. The fourth-order valence-electron chi connectivity index (χ4n) is 1.81. The topological polar surface area (TPSA) is 55.1 Å². The zero-order valence-electron chi connectivity index (χ0n) is 10.7. The maximum absolute atomic E-state index is 12.0. The lowest BCUT2D eigenvalue weighted by Gasteiger charge is -2.21. The normalized spacial score (nSPS) is 17.6. The number of hydrogen-bond donors (Lipinski definition) is 2. The molecule has 1 saturated carbocycles. The molecule has 3 nitrogen and oxygen atoms in total. The Kier molecular flexibility index (Phi) is 2.74. The Morgan fingerprint density at radius 3 is 2.53 bits per heavy atom. The summed E-state index contributed by atoms with van der Waals surface area (Å²) in [5, 5.41) is 2.95. The van der Waals surface area contributed by atoms with E-state index in [9.17, 15) is 4.79 Å². The largest absolute Gasteiger partial charge is 0.347 e. The molecule has 0 spiro atoms. The van der Waals surface area contributed by atoms with E-state index in [4.69, 9.17) is 5.73 Å². The van der Waals surface area contributed by atoms with Crippen molar-refractivity contribution in [3.8, 4) is 0 Å². The Morgan fingerprint density at radius 1 is 1.35 bits per heavy atom. The fraction of sp³-hybridized carbons (Fsp3) is 0.500. The van der Waals surface area contributed by atoms with E-state index in [1.807, 2.05) is 45.0 Å². The molecular weight excluding hydrogens is 212 g/mol. The van der Waals surface area contributed by atoms with Gasteiger partial charge in [-0.1, -0.05) is 12.1 Å². The monoisotopic (exact) mass is 232 g/mol. The van der Waals surface area contributed by atoms with Crippen LogP contribution in [-0.4, -0.2) is 11.4 Å². The Labute approximate surface area is 102 Å². The minimum atomic E-state index is -0.215. The van der Waals surface area contributed by atoms with Crippen LogP contribution in [0.1, 0.15) is 49.5 Å². The first-order chi connectivity index (χ1) is 7.80. The van der Waals surface area contributed by atoms with Crippen LogP contribution in [-0.2, 0) is 5.54 Å². The molecule has 1 aromatic rings. The van der Waals surface area contributed by atoms with Gasteiger partial charge in [-0.25, -0.2) is 0 Å². The minimum Gasteiger partial charge on any atom is -0.347 e. The summed E-state index contributed by atoms with van der Waals surface area (Å²) >= 11 is 0. The molecule has 1 aromatic carbocycles. The Hall–Kier alpha value is -1.35. The Morgan fingerprint density at radius 2 is 2.00 bits per heavy atom. The summed E-state index contributed by atoms with van der Waals surface area (Å²) in [6.07, 6.45) is 2.02. The Bertz CT molecular complexity index is 442. The van der Waals surface area contributed by atoms with Gasteiger partial charge in [0.15, 0.2) is 0 Å². The molecule has 3 heteroatoms. The van der Waals surface area contributed by atoms with Gasteiger partial charge < -0.3 is 11.1 Å². The highest BCUT2D eigenvalue weighted by Gasteiger charge is 2.40. The number of amides is 1. The highest BCUT2D eigenvalue weighted by atomic mass is 16.1. The molecule has 92 valence electrons. The number of carbonyl (C=O) groups is 1. The van der Waals surface area contributed by atoms with Gasteiger partial charge in [-0.3, -0.25) is 4.79 Å². The van der Waals surface area contributed by atoms with Gasteiger partial charge in [0.1, 0.15) is 0 Å². The number of nitrogens with one attached hydrogen (secondary N) is 1. The van der Waals surface area contributed by atoms with Crippen LogP contribution in [0, 0.1) is 0 Å². The van der Waals surface area contributed by atoms with E-state index >= 15 is 0 Å². The molecular formula is C14H20N2O. The molecule has 1 fully saturated rings. The van der Waals surface area contributed by atoms with Gasteiger partial charge in [-0.2, -0.15) is 0 Å². The van der Waals surface area contributed by atoms with E-state index in [2.05, 4.69) is 5.32 Å². The smallest absolute Gasteiger partial charge is 0.251 e. The van der Waals surface area contributed by atoms with Crippen LogP contribution in [0.2, 0.25) is 0 Å². The molecule has 17 heavy (non-hydrogen) atoms. The van der Waals surface area contributed by atoms with Crippen molar-refractivity contribution in [1.82, 2.24) is 5.32 Å². The molecule has 0 heterocycles. The van der Waals surface area contributed by atoms with E-state index in [1.165, 1.54) is 0 Å². The zero-order valence-corrected chi connectivity index (χ0v) is 10.7. The van der Waals surface area contributed by atoms with Gasteiger partial charge in [0.25, 0.3) is 5.91 Å². The molecule has 3 N–H and O–H groups in total. The average molecular weight is 232 g/mol. The predicted molar refractivity (Wildman–Crippen MR) is 68.8 cm³/mol. The van der Waals surface area contributed by atoms with Crippen LogP contribution in [0.25, 0.3) is 0 Å². The van der Waals surface area contributed by atoms with Crippen LogP contribution >= 0.6 is 0 Å². The first kappa shape index (κ1) is 12.1. The first-order valence-electron chi connectivity index (χ1n) is 6.02. The van der Waals surface area contributed by atoms with Crippen LogP contribution in [0.4, 0.5) is 0 Å². The third kappa shape index (κ3) is 2.86. The van der Waals surface area contributed by atoms with Crippen LogP contribution in [0.15, 0.2) is 24.3 Å². The average Bonchev–Trinajstić information content (AvgIpc) is 2.96. The van der Waals surface area contributed by atoms with E-state index in [-0.39, 0.29) is 17.0 Å². The van der Waals surface area contributed by atoms with Gasteiger partial charge in [-0.05, 0) is 51.3 Å². The van der Waals surface area contributed by atoms with Crippen LogP contribution in [0.3, 0.4) is 0 Å². The second-order valence-electron chi connectivity index (χ2n) is 5.94. The van der Waals surface area contributed by atoms with Crippen LogP contribution < -0.4 is 11.1 Å². The molecule has 0 bridgehead atoms. The summed E-state index contributed by atoms with van der Waals surface area (Å²) in [4.78, 5) is 12.0. The molecule has 0 atom stereocenters. The van der Waals surface area contributed by atoms with Gasteiger partial charge in [0, 0.05) is 16.6 Å². The van der Waals surface area contributed by atoms with Crippen molar-refractivity contribution >= 4 is 5.91 Å². The number of hydrogen-bond acceptors (Lipinski definition) is 2. The number of nitrogens with two attached hydrogens (primary N) is 1. The summed E-state index contributed by atoms with van der Waals surface area (Å²) in [6.45, 7) is 5.92. The van der Waals surface area contributed by atoms with Crippen molar-refractivity contribution < 1.29 is 4.79 Å². The quantitative estimate of drug-likeness (QED) is 0.821. The van der Waals surface area contributed by atoms with E-state index in [0.29, 0.717) is 5.56 Å². The summed E-state index contributed by atoms with van der Waals surface area (Å²) < 4.78 is 0. The third-order valence-corrected chi connectivity index (χ3v) is 2.98. The van der Waals surface area contributed by atoms with Crippen molar-refractivity contribution in [3.63, 3.8) is 0 Å². The number of carbonyl (C=O) groups excluding carboxylic acids is 1. The van der Waals surface area contributed by atoms with Crippen LogP contribution in [0.5, 0.6) is 0 Å². The third-order valence-electron chi connectivity index (χ3n) is 2.98. The fourth-order valence-corrected chi connectivity index (χ4v) is 1.81. The first-order valence-corrected chi connectivity index (χ1v) is 6.02. The SMILES string of the molecule is CC(C)(C)NC(=O)c1cccc(C2(N)CC2)c1. The van der Waals surface area contributed by atoms with E-state index < -0.39 is 0 Å². The van der Waals surface area contributed by atoms with Crippen molar-refractivity contribution in [1.29, 1.82) is 0 Å². The summed E-state index contributed by atoms with van der Waals surface area (Å²) in [5.41, 5.74) is 7.49. The molecule has 0 aliphatic heterocycles. The van der Waals surface area contributed by atoms with E-state index in [1.54, 1.807) is 0 Å². The highest BCUT2D eigenvalue weighted by Crippen LogP contribution is 2.42. The van der Waals surface area contributed by atoms with Crippen molar-refractivity contribution in [3.05, 3.63) is 35.4 Å². The molecule has 0 aromatic heterocycles. The lowest BCUT2D eigenvalue weighted by atomic mass is 10.0. The molecule has 0 radical (unpaired) electrons. The lowest BCUT2D eigenvalue weighted by molar-refractivity contribution is 0.0919. The van der Waals surface area contributed by atoms with Crippen molar-refractivity contribution in [2.24, 2.45) is 5.73 Å². The Balaban J connectivity index is 2.19. The maximum atomic E-state index is 12.0. The van der Waals surface area contributed by atoms with Gasteiger partial charge in [0.2, 0.25) is 0 Å². The molecule has 2 rings (SSSR count). The number of benzene rings is 1. The zero-order chi connectivity index (χ0) is 12.7. The molecule has 1 aliphatic rings. The van der Waals surface area contributed by atoms with Gasteiger partial charge in [0.05, 0.1) is 0 Å². The molecule has 0 saturated heterocycles. The molecule has 1 amide bonds. The summed E-state index contributed by atoms with van der Waals surface area (Å²) in [6, 6.07) is 7.64. The summed E-state index contributed by atoms with van der Waals surface area (Å²) in [7, 11) is 0. The van der Waals surface area contributed by atoms with Crippen molar-refractivity contribution in [2.75, 3.05) is 0 Å². The van der Waals surface area contributed by atoms with Gasteiger partial charge in [-0.15, -0.1) is 0 Å². The van der Waals surface area contributed by atoms with E-state index in [0.717, 1.165) is 18.4 Å². The lowest BCUT2D eigenvalue weighted by Crippen LogP contribution is -2.40. The highest BCUT2D eigenvalue weighted by molar-refractivity contribution is 5.94. The standard InChI is InChI=1S/C14H20N2O/c1-13(2,3)16-12(17)10-5-4-6-11(9-10)14(15)7-8-14/h4-6,9H,7-8,15H2,1-3H3,(H,16,17). The second kappa shape index (κ2) is 3.84. The molecule has 0 unspecified atom stereocenters. The number of rotatable bonds is 2. The minimum absolute atomic E-state index is 0.0383. The van der Waals surface area contributed by atoms with Crippen molar-refractivity contribution in [2.45, 2.75) is 44.7 Å². The predicted octanol–water partition coefficient (Wildman–Crippen LogP) is 2.16. The van der Waals surface area contributed by atoms with Gasteiger partial charge >= 0.3 is 0 Å². The second-order valence-corrected chi connectivity index (χ2v) is 5.94.